The predicted molar refractivity (Wildman–Crippen MR) is 81.2 cm³/mol. The van der Waals surface area contributed by atoms with E-state index in [-0.39, 0.29) is 17.5 Å². The van der Waals surface area contributed by atoms with E-state index in [0.29, 0.717) is 11.3 Å². The van der Waals surface area contributed by atoms with Crippen molar-refractivity contribution in [3.8, 4) is 5.75 Å². The van der Waals surface area contributed by atoms with Crippen LogP contribution in [0.15, 0.2) is 47.1 Å². The third-order valence-electron chi connectivity index (χ3n) is 3.12. The van der Waals surface area contributed by atoms with E-state index in [1.165, 1.54) is 6.08 Å². The number of aromatic hydroxyl groups is 1. The van der Waals surface area contributed by atoms with E-state index in [9.17, 15) is 9.90 Å². The van der Waals surface area contributed by atoms with Crippen LogP contribution in [0.4, 0.5) is 5.69 Å². The highest BCUT2D eigenvalue weighted by Gasteiger charge is 2.08. The lowest BCUT2D eigenvalue weighted by atomic mass is 10.0. The molecule has 1 aliphatic rings. The quantitative estimate of drug-likeness (QED) is 0.503. The van der Waals surface area contributed by atoms with Gasteiger partial charge in [-0.05, 0) is 60.4 Å². The molecule has 0 fully saturated rings. The van der Waals surface area contributed by atoms with Crippen LogP contribution in [0.2, 0.25) is 0 Å². The first-order valence-corrected chi connectivity index (χ1v) is 6.54. The Morgan fingerprint density at radius 3 is 2.65 bits per heavy atom. The zero-order valence-corrected chi connectivity index (χ0v) is 11.8. The van der Waals surface area contributed by atoms with Gasteiger partial charge in [0, 0.05) is 0 Å². The van der Waals surface area contributed by atoms with Crippen molar-refractivity contribution < 1.29 is 9.90 Å². The van der Waals surface area contributed by atoms with Gasteiger partial charge in [0.15, 0.2) is 5.78 Å². The van der Waals surface area contributed by atoms with Crippen LogP contribution in [0.1, 0.15) is 32.3 Å². The summed E-state index contributed by atoms with van der Waals surface area (Å²) in [4.78, 5) is 11.3. The summed E-state index contributed by atoms with van der Waals surface area (Å²) in [7, 11) is 0. The van der Waals surface area contributed by atoms with Crippen molar-refractivity contribution in [1.29, 1.82) is 0 Å². The summed E-state index contributed by atoms with van der Waals surface area (Å²) in [5.74, 6) is 0.534. The predicted octanol–water partition coefficient (Wildman–Crippen LogP) is 3.37. The van der Waals surface area contributed by atoms with E-state index in [0.717, 1.165) is 11.3 Å². The second-order valence-corrected chi connectivity index (χ2v) is 5.10. The average molecular weight is 270 g/mol. The fraction of sp³-hybridized carbons (Fsp3) is 0.250. The van der Waals surface area contributed by atoms with E-state index in [4.69, 9.17) is 0 Å². The number of ketones is 1. The number of nitrogens with zero attached hydrogens (tertiary/aromatic N) is 1. The molecule has 2 rings (SSSR count). The van der Waals surface area contributed by atoms with Crippen molar-refractivity contribution in [2.45, 2.75) is 26.7 Å². The molecule has 4 nitrogen and oxygen atoms in total. The van der Waals surface area contributed by atoms with Gasteiger partial charge in [0.2, 0.25) is 0 Å². The molecule has 0 aromatic heterocycles. The van der Waals surface area contributed by atoms with Gasteiger partial charge in [-0.2, -0.15) is 5.10 Å². The highest BCUT2D eigenvalue weighted by atomic mass is 16.3. The number of nitrogens with one attached hydrogen (secondary N) is 1. The number of anilines is 1. The lowest BCUT2D eigenvalue weighted by Crippen LogP contribution is -2.06. The van der Waals surface area contributed by atoms with Crippen LogP contribution >= 0.6 is 0 Å². The minimum Gasteiger partial charge on any atom is -0.508 e. The molecule has 0 unspecified atom stereocenters. The zero-order valence-electron chi connectivity index (χ0n) is 11.8. The Labute approximate surface area is 118 Å². The Balaban J connectivity index is 2.18. The summed E-state index contributed by atoms with van der Waals surface area (Å²) in [6.07, 6.45) is 4.91. The Kier molecular flexibility index (Phi) is 4.03. The first-order chi connectivity index (χ1) is 9.47. The van der Waals surface area contributed by atoms with E-state index in [1.807, 2.05) is 19.9 Å². The van der Waals surface area contributed by atoms with E-state index >= 15 is 0 Å². The number of carbonyl (C=O) groups is 1. The van der Waals surface area contributed by atoms with Crippen LogP contribution in [0.5, 0.6) is 5.75 Å². The molecule has 1 aromatic carbocycles. The van der Waals surface area contributed by atoms with Crippen LogP contribution in [0.3, 0.4) is 0 Å². The molecule has 0 aliphatic heterocycles. The number of hydrogen-bond acceptors (Lipinski definition) is 4. The average Bonchev–Trinajstić information content (AvgIpc) is 2.41. The van der Waals surface area contributed by atoms with Crippen LogP contribution < -0.4 is 5.43 Å². The Morgan fingerprint density at radius 1 is 1.25 bits per heavy atom. The lowest BCUT2D eigenvalue weighted by molar-refractivity contribution is -0.111. The fourth-order valence-electron chi connectivity index (χ4n) is 1.92. The molecule has 0 heterocycles. The molecular weight excluding hydrogens is 252 g/mol. The normalized spacial score (nSPS) is 16.7. The third-order valence-corrected chi connectivity index (χ3v) is 3.12. The summed E-state index contributed by atoms with van der Waals surface area (Å²) >= 11 is 0. The number of allylic oxidation sites excluding steroid dienone is 4. The third kappa shape index (κ3) is 3.15. The molecule has 0 radical (unpaired) electrons. The van der Waals surface area contributed by atoms with Gasteiger partial charge in [0.1, 0.15) is 5.75 Å². The second kappa shape index (κ2) is 5.74. The van der Waals surface area contributed by atoms with E-state index in [1.54, 1.807) is 31.2 Å². The lowest BCUT2D eigenvalue weighted by Gasteiger charge is -2.11. The maximum Gasteiger partial charge on any atom is 0.181 e. The van der Waals surface area contributed by atoms with Gasteiger partial charge in [0.25, 0.3) is 0 Å². The molecule has 0 saturated carbocycles. The number of phenolic OH excluding ortho intramolecular Hbond substituents is 1. The summed E-state index contributed by atoms with van der Waals surface area (Å²) < 4.78 is 0. The molecule has 0 atom stereocenters. The first kappa shape index (κ1) is 14.1. The largest absolute Gasteiger partial charge is 0.508 e. The summed E-state index contributed by atoms with van der Waals surface area (Å²) in [5.41, 5.74) is 5.98. The molecule has 104 valence electrons. The molecule has 0 amide bonds. The molecule has 4 heteroatoms. The number of hydrazone groups is 1. The van der Waals surface area contributed by atoms with Crippen LogP contribution in [0.25, 0.3) is 0 Å². The van der Waals surface area contributed by atoms with Crippen LogP contribution in [-0.4, -0.2) is 16.6 Å². The number of hydrogen-bond donors (Lipinski definition) is 2. The molecule has 0 spiro atoms. The van der Waals surface area contributed by atoms with Crippen LogP contribution in [-0.2, 0) is 4.79 Å². The topological polar surface area (TPSA) is 61.7 Å². The van der Waals surface area contributed by atoms with Crippen molar-refractivity contribution in [2.75, 3.05) is 5.43 Å². The van der Waals surface area contributed by atoms with Gasteiger partial charge in [0.05, 0.1) is 11.4 Å². The van der Waals surface area contributed by atoms with Gasteiger partial charge >= 0.3 is 0 Å². The van der Waals surface area contributed by atoms with E-state index in [2.05, 4.69) is 10.5 Å². The van der Waals surface area contributed by atoms with Gasteiger partial charge in [-0.15, -0.1) is 0 Å². The van der Waals surface area contributed by atoms with Crippen molar-refractivity contribution in [3.05, 3.63) is 47.6 Å². The minimum atomic E-state index is 0.00989. The first-order valence-electron chi connectivity index (χ1n) is 6.54. The molecule has 2 N–H and O–H groups in total. The number of rotatable bonds is 3. The van der Waals surface area contributed by atoms with Gasteiger partial charge < -0.3 is 5.11 Å². The maximum absolute atomic E-state index is 11.3. The fourth-order valence-corrected chi connectivity index (χ4v) is 1.92. The Bertz CT molecular complexity index is 625. The van der Waals surface area contributed by atoms with Gasteiger partial charge in [-0.1, -0.05) is 13.8 Å². The molecule has 0 saturated heterocycles. The highest BCUT2D eigenvalue weighted by Crippen LogP contribution is 2.28. The van der Waals surface area contributed by atoms with Crippen molar-refractivity contribution in [1.82, 2.24) is 0 Å². The number of phenols is 1. The second-order valence-electron chi connectivity index (χ2n) is 5.10. The molecule has 20 heavy (non-hydrogen) atoms. The summed E-state index contributed by atoms with van der Waals surface area (Å²) in [6.45, 7) is 5.80. The standard InChI is InChI=1S/C16H18N2O2/c1-10(2)14-9-13(5-7-16(14)20)18-17-12-4-6-15(19)11(3)8-12/h4-10,18,20H,1-3H3/b17-12+. The van der Waals surface area contributed by atoms with Crippen LogP contribution in [0, 0.1) is 0 Å². The number of carbonyl (C=O) groups excluding carboxylic acids is 1. The Hall–Kier alpha value is -2.36. The Morgan fingerprint density at radius 2 is 2.00 bits per heavy atom. The summed E-state index contributed by atoms with van der Waals surface area (Å²) in [5, 5.41) is 14.0. The number of benzene rings is 1. The smallest absolute Gasteiger partial charge is 0.181 e. The molecule has 1 aliphatic carbocycles. The SMILES string of the molecule is CC1=C/C(=N/Nc2ccc(O)c(C(C)C)c2)C=CC1=O. The van der Waals surface area contributed by atoms with E-state index < -0.39 is 0 Å². The molecule has 0 bridgehead atoms. The summed E-state index contributed by atoms with van der Waals surface area (Å²) in [6, 6.07) is 5.29. The van der Waals surface area contributed by atoms with Crippen molar-refractivity contribution >= 4 is 17.2 Å². The highest BCUT2D eigenvalue weighted by molar-refractivity contribution is 6.19. The molecule has 1 aromatic rings. The minimum absolute atomic E-state index is 0.00989. The van der Waals surface area contributed by atoms with Gasteiger partial charge in [-0.25, -0.2) is 0 Å². The molecular formula is C16H18N2O2. The van der Waals surface area contributed by atoms with Crippen molar-refractivity contribution in [2.24, 2.45) is 5.10 Å². The van der Waals surface area contributed by atoms with Crippen molar-refractivity contribution in [3.63, 3.8) is 0 Å². The maximum atomic E-state index is 11.3. The van der Waals surface area contributed by atoms with Gasteiger partial charge in [-0.3, -0.25) is 10.2 Å². The zero-order chi connectivity index (χ0) is 14.7. The monoisotopic (exact) mass is 270 g/mol.